The topological polar surface area (TPSA) is 93.8 Å². The monoisotopic (exact) mass is 382 g/mol. The van der Waals surface area contributed by atoms with E-state index < -0.39 is 0 Å². The molecule has 2 aromatic heterocycles. The van der Waals surface area contributed by atoms with Crippen LogP contribution in [0, 0.1) is 17.8 Å². The molecule has 1 aliphatic heterocycles. The number of likely N-dealkylation sites (tertiary alicyclic amines) is 1. The second-order valence-electron chi connectivity index (χ2n) is 9.44. The molecule has 0 radical (unpaired) electrons. The van der Waals surface area contributed by atoms with Crippen molar-refractivity contribution < 1.29 is 4.79 Å². The number of nitrogens with zero attached hydrogens (tertiary/aromatic N) is 7. The fourth-order valence-corrected chi connectivity index (χ4v) is 6.39. The van der Waals surface area contributed by atoms with Crippen molar-refractivity contribution in [3.05, 3.63) is 24.3 Å². The summed E-state index contributed by atoms with van der Waals surface area (Å²) in [7, 11) is 0. The lowest BCUT2D eigenvalue weighted by molar-refractivity contribution is -0.0180. The van der Waals surface area contributed by atoms with Crippen molar-refractivity contribution in [2.75, 3.05) is 13.1 Å². The number of carbonyl (C=O) groups is 1. The summed E-state index contributed by atoms with van der Waals surface area (Å²) in [4.78, 5) is 16.4. The molecule has 0 aromatic carbocycles. The molecule has 2 aromatic rings. The largest absolute Gasteiger partial charge is 0.333 e. The summed E-state index contributed by atoms with van der Waals surface area (Å²) in [6.07, 6.45) is 13.0. The van der Waals surface area contributed by atoms with Gasteiger partial charge < -0.3 is 10.2 Å². The molecule has 9 heteroatoms. The van der Waals surface area contributed by atoms with Crippen LogP contribution >= 0.6 is 0 Å². The molecule has 0 unspecified atom stereocenters. The summed E-state index contributed by atoms with van der Waals surface area (Å²) in [5.41, 5.74) is 0.904. The average molecular weight is 382 g/mol. The zero-order chi connectivity index (χ0) is 18.7. The van der Waals surface area contributed by atoms with E-state index in [1.807, 2.05) is 15.8 Å². The number of amides is 2. The molecule has 0 atom stereocenters. The normalized spacial score (nSPS) is 33.9. The maximum atomic E-state index is 12.9. The first-order valence-corrected chi connectivity index (χ1v) is 10.5. The van der Waals surface area contributed by atoms with Crippen LogP contribution < -0.4 is 5.32 Å². The summed E-state index contributed by atoms with van der Waals surface area (Å²) >= 11 is 0. The smallest absolute Gasteiger partial charge is 0.317 e. The highest BCUT2D eigenvalue weighted by Crippen LogP contribution is 2.55. The third kappa shape index (κ3) is 2.79. The van der Waals surface area contributed by atoms with Crippen molar-refractivity contribution in [3.8, 4) is 0 Å². The molecule has 4 bridgehead atoms. The highest BCUT2D eigenvalue weighted by Gasteiger charge is 2.52. The summed E-state index contributed by atoms with van der Waals surface area (Å²) in [6, 6.07) is 0.313. The molecule has 9 nitrogen and oxygen atoms in total. The highest BCUT2D eigenvalue weighted by atomic mass is 16.2. The first-order valence-electron chi connectivity index (χ1n) is 10.5. The maximum Gasteiger partial charge on any atom is 0.317 e. The van der Waals surface area contributed by atoms with Crippen molar-refractivity contribution in [2.24, 2.45) is 17.8 Å². The first kappa shape index (κ1) is 16.5. The predicted molar refractivity (Wildman–Crippen MR) is 99.2 cm³/mol. The Bertz CT molecular complexity index is 833. The Morgan fingerprint density at radius 1 is 1.07 bits per heavy atom. The van der Waals surface area contributed by atoms with Crippen LogP contribution in [0.4, 0.5) is 4.79 Å². The predicted octanol–water partition coefficient (Wildman–Crippen LogP) is 1.45. The van der Waals surface area contributed by atoms with Crippen LogP contribution in [0.2, 0.25) is 0 Å². The SMILES string of the molecule is O=C(NC12CC3CC(CC(C3)C1)C2)N1CC(n2cc(Cn3nccn3)nn2)C1. The van der Waals surface area contributed by atoms with Gasteiger partial charge in [-0.25, -0.2) is 9.48 Å². The van der Waals surface area contributed by atoms with Gasteiger partial charge in [0.25, 0.3) is 0 Å². The Balaban J connectivity index is 1.05. The second-order valence-corrected chi connectivity index (χ2v) is 9.44. The lowest BCUT2D eigenvalue weighted by atomic mass is 9.53. The average Bonchev–Trinajstić information content (AvgIpc) is 3.24. The minimum Gasteiger partial charge on any atom is -0.333 e. The van der Waals surface area contributed by atoms with Gasteiger partial charge in [0.1, 0.15) is 12.2 Å². The zero-order valence-electron chi connectivity index (χ0n) is 15.9. The molecular formula is C19H26N8O. The van der Waals surface area contributed by atoms with Gasteiger partial charge in [-0.2, -0.15) is 15.0 Å². The van der Waals surface area contributed by atoms with Crippen LogP contribution in [0.3, 0.4) is 0 Å². The quantitative estimate of drug-likeness (QED) is 0.864. The molecule has 4 saturated carbocycles. The van der Waals surface area contributed by atoms with E-state index in [0.29, 0.717) is 19.6 Å². The van der Waals surface area contributed by atoms with Gasteiger partial charge in [0, 0.05) is 18.6 Å². The molecule has 1 N–H and O–H groups in total. The number of nitrogens with one attached hydrogen (secondary N) is 1. The maximum absolute atomic E-state index is 12.9. The summed E-state index contributed by atoms with van der Waals surface area (Å²) in [5, 5.41) is 20.1. The van der Waals surface area contributed by atoms with Gasteiger partial charge in [0.2, 0.25) is 0 Å². The molecule has 3 heterocycles. The Morgan fingerprint density at radius 2 is 1.71 bits per heavy atom. The molecule has 148 valence electrons. The molecule has 1 saturated heterocycles. The van der Waals surface area contributed by atoms with Gasteiger partial charge in [-0.3, -0.25) is 0 Å². The molecule has 2 amide bonds. The number of carbonyl (C=O) groups excluding carboxylic acids is 1. The van der Waals surface area contributed by atoms with Crippen molar-refractivity contribution >= 4 is 6.03 Å². The third-order valence-electron chi connectivity index (χ3n) is 7.26. The van der Waals surface area contributed by atoms with Gasteiger partial charge in [0.05, 0.1) is 24.6 Å². The molecular weight excluding hydrogens is 356 g/mol. The second kappa shape index (κ2) is 6.02. The van der Waals surface area contributed by atoms with Crippen LogP contribution in [0.15, 0.2) is 18.6 Å². The first-order chi connectivity index (χ1) is 13.6. The zero-order valence-corrected chi connectivity index (χ0v) is 15.9. The Kier molecular flexibility index (Phi) is 3.55. The lowest BCUT2D eigenvalue weighted by Gasteiger charge is -2.57. The standard InChI is InChI=1S/C19H26N8O/c28-18(22-19-6-13-3-14(7-19)5-15(4-13)8-19)25-11-17(12-25)26-9-16(23-24-26)10-27-20-1-2-21-27/h1-2,9,13-15,17H,3-8,10-12H2,(H,22,28). The van der Waals surface area contributed by atoms with Crippen molar-refractivity contribution in [1.29, 1.82) is 0 Å². The summed E-state index contributed by atoms with van der Waals surface area (Å²) < 4.78 is 1.87. The fraction of sp³-hybridized carbons (Fsp3) is 0.737. The van der Waals surface area contributed by atoms with Gasteiger partial charge in [-0.15, -0.1) is 5.10 Å². The number of urea groups is 1. The summed E-state index contributed by atoms with van der Waals surface area (Å²) in [6.45, 7) is 1.90. The van der Waals surface area contributed by atoms with E-state index >= 15 is 0 Å². The number of hydrogen-bond acceptors (Lipinski definition) is 5. The van der Waals surface area contributed by atoms with E-state index in [-0.39, 0.29) is 17.6 Å². The fourth-order valence-electron chi connectivity index (χ4n) is 6.39. The molecule has 5 fully saturated rings. The van der Waals surface area contributed by atoms with Gasteiger partial charge in [-0.05, 0) is 56.3 Å². The molecule has 4 aliphatic carbocycles. The van der Waals surface area contributed by atoms with Crippen molar-refractivity contribution in [1.82, 2.24) is 40.2 Å². The van der Waals surface area contributed by atoms with Crippen LogP contribution in [-0.2, 0) is 6.54 Å². The Hall–Kier alpha value is -2.45. The van der Waals surface area contributed by atoms with E-state index in [9.17, 15) is 4.79 Å². The summed E-state index contributed by atoms with van der Waals surface area (Å²) in [5.74, 6) is 2.52. The molecule has 0 spiro atoms. The highest BCUT2D eigenvalue weighted by molar-refractivity contribution is 5.76. The van der Waals surface area contributed by atoms with E-state index in [2.05, 4.69) is 25.8 Å². The minimum atomic E-state index is 0.0775. The molecule has 5 aliphatic rings. The van der Waals surface area contributed by atoms with Crippen LogP contribution in [0.5, 0.6) is 0 Å². The van der Waals surface area contributed by atoms with Gasteiger partial charge >= 0.3 is 6.03 Å². The lowest BCUT2D eigenvalue weighted by Crippen LogP contribution is -2.64. The number of aromatic nitrogens is 6. The van der Waals surface area contributed by atoms with Gasteiger partial charge in [0.15, 0.2) is 0 Å². The van der Waals surface area contributed by atoms with Crippen LogP contribution in [-0.4, -0.2) is 59.5 Å². The van der Waals surface area contributed by atoms with Crippen molar-refractivity contribution in [2.45, 2.75) is 56.7 Å². The van der Waals surface area contributed by atoms with E-state index in [1.165, 1.54) is 38.5 Å². The van der Waals surface area contributed by atoms with E-state index in [0.717, 1.165) is 23.4 Å². The van der Waals surface area contributed by atoms with Crippen LogP contribution in [0.1, 0.15) is 50.3 Å². The minimum absolute atomic E-state index is 0.0775. The Labute approximate surface area is 163 Å². The number of hydrogen-bond donors (Lipinski definition) is 1. The third-order valence-corrected chi connectivity index (χ3v) is 7.26. The van der Waals surface area contributed by atoms with E-state index in [1.54, 1.807) is 17.2 Å². The van der Waals surface area contributed by atoms with Gasteiger partial charge in [-0.1, -0.05) is 5.21 Å². The number of rotatable bonds is 4. The molecule has 7 rings (SSSR count). The molecule has 28 heavy (non-hydrogen) atoms. The Morgan fingerprint density at radius 3 is 2.36 bits per heavy atom. The van der Waals surface area contributed by atoms with E-state index in [4.69, 9.17) is 0 Å². The van der Waals surface area contributed by atoms with Crippen LogP contribution in [0.25, 0.3) is 0 Å². The van der Waals surface area contributed by atoms with Crippen molar-refractivity contribution in [3.63, 3.8) is 0 Å².